The van der Waals surface area contributed by atoms with Gasteiger partial charge in [-0.1, -0.05) is 43.3 Å². The van der Waals surface area contributed by atoms with Gasteiger partial charge in [-0.15, -0.1) is 0 Å². The van der Waals surface area contributed by atoms with Crippen molar-refractivity contribution < 1.29 is 14.6 Å². The lowest BCUT2D eigenvalue weighted by molar-refractivity contribution is 0.0925. The maximum Gasteiger partial charge on any atom is 0.270 e. The number of carbonyl (C=O) groups is 1. The number of aliphatic hydroxyl groups is 1. The molecule has 2 aromatic carbocycles. The van der Waals surface area contributed by atoms with Gasteiger partial charge >= 0.3 is 0 Å². The van der Waals surface area contributed by atoms with Crippen molar-refractivity contribution >= 4 is 5.91 Å². The highest BCUT2D eigenvalue weighted by molar-refractivity contribution is 6.03. The zero-order valence-electron chi connectivity index (χ0n) is 18.9. The number of nitrogens with one attached hydrogen (secondary N) is 1. The van der Waals surface area contributed by atoms with Gasteiger partial charge in [-0.3, -0.25) is 14.5 Å². The van der Waals surface area contributed by atoms with Gasteiger partial charge in [-0.05, 0) is 41.0 Å². The highest BCUT2D eigenvalue weighted by atomic mass is 16.5. The Balaban J connectivity index is 1.39. The number of rotatable bonds is 7. The molecule has 34 heavy (non-hydrogen) atoms. The van der Waals surface area contributed by atoms with E-state index in [4.69, 9.17) is 9.84 Å². The fourth-order valence-corrected chi connectivity index (χ4v) is 4.13. The fraction of sp³-hybridized carbons (Fsp3) is 0.222. The second-order valence-electron chi connectivity index (χ2n) is 8.43. The normalized spacial score (nSPS) is 13.8. The minimum absolute atomic E-state index is 0.117. The lowest BCUT2D eigenvalue weighted by Gasteiger charge is -2.15. The van der Waals surface area contributed by atoms with Crippen LogP contribution in [0.4, 0.5) is 0 Å². The fourth-order valence-electron chi connectivity index (χ4n) is 4.13. The van der Waals surface area contributed by atoms with Gasteiger partial charge in [0.25, 0.3) is 5.91 Å². The van der Waals surface area contributed by atoms with E-state index >= 15 is 0 Å². The number of carbonyl (C=O) groups excluding carboxylic acids is 1. The smallest absolute Gasteiger partial charge is 0.270 e. The van der Waals surface area contributed by atoms with Crippen LogP contribution in [-0.4, -0.2) is 38.9 Å². The van der Waals surface area contributed by atoms with Crippen molar-refractivity contribution in [3.05, 3.63) is 89.9 Å². The molecule has 0 saturated heterocycles. The Labute approximate surface area is 198 Å². The van der Waals surface area contributed by atoms with Crippen molar-refractivity contribution in [2.75, 3.05) is 13.2 Å². The third-order valence-corrected chi connectivity index (χ3v) is 6.10. The molecule has 1 atom stereocenters. The van der Waals surface area contributed by atoms with Crippen LogP contribution in [0.5, 0.6) is 5.75 Å². The maximum atomic E-state index is 12.7. The summed E-state index contributed by atoms with van der Waals surface area (Å²) in [5.74, 6) is 0.747. The second-order valence-corrected chi connectivity index (χ2v) is 8.43. The lowest BCUT2D eigenvalue weighted by atomic mass is 9.98. The van der Waals surface area contributed by atoms with Crippen molar-refractivity contribution in [3.63, 3.8) is 0 Å². The lowest BCUT2D eigenvalue weighted by Crippen LogP contribution is -2.35. The van der Waals surface area contributed by atoms with Gasteiger partial charge in [0.1, 0.15) is 23.7 Å². The minimum Gasteiger partial charge on any atom is -0.489 e. The summed E-state index contributed by atoms with van der Waals surface area (Å²) in [7, 11) is 0. The van der Waals surface area contributed by atoms with Crippen molar-refractivity contribution in [1.82, 2.24) is 20.1 Å². The molecular weight excluding hydrogens is 428 g/mol. The highest BCUT2D eigenvalue weighted by Crippen LogP contribution is 2.36. The van der Waals surface area contributed by atoms with Crippen molar-refractivity contribution in [3.8, 4) is 28.1 Å². The van der Waals surface area contributed by atoms with E-state index in [0.717, 1.165) is 39.3 Å². The van der Waals surface area contributed by atoms with Crippen molar-refractivity contribution in [1.29, 1.82) is 0 Å². The molecule has 0 spiro atoms. The molecule has 0 bridgehead atoms. The molecule has 0 radical (unpaired) electrons. The van der Waals surface area contributed by atoms with Gasteiger partial charge in [-0.25, -0.2) is 0 Å². The first kappa shape index (κ1) is 21.9. The summed E-state index contributed by atoms with van der Waals surface area (Å²) in [6.07, 6.45) is 3.46. The van der Waals surface area contributed by atoms with Gasteiger partial charge in [0.15, 0.2) is 0 Å². The van der Waals surface area contributed by atoms with Gasteiger partial charge in [0, 0.05) is 42.6 Å². The van der Waals surface area contributed by atoms with E-state index in [1.54, 1.807) is 17.1 Å². The SMILES string of the molecule is CC(CO)c1ccc(COc2ccc(-c3c(-c4ccncc4)nn4c3C(=O)NCC4)cc2)cc1. The van der Waals surface area contributed by atoms with Crippen LogP contribution in [-0.2, 0) is 13.2 Å². The number of ether oxygens (including phenoxy) is 1. The Morgan fingerprint density at radius 1 is 1.03 bits per heavy atom. The van der Waals surface area contributed by atoms with E-state index in [-0.39, 0.29) is 18.4 Å². The van der Waals surface area contributed by atoms with Crippen LogP contribution in [0.2, 0.25) is 0 Å². The quantitative estimate of drug-likeness (QED) is 0.440. The number of hydrogen-bond donors (Lipinski definition) is 2. The second kappa shape index (κ2) is 9.49. The number of benzene rings is 2. The number of pyridine rings is 1. The summed E-state index contributed by atoms with van der Waals surface area (Å²) in [4.78, 5) is 16.8. The van der Waals surface area contributed by atoms with E-state index < -0.39 is 0 Å². The predicted molar refractivity (Wildman–Crippen MR) is 130 cm³/mol. The molecule has 7 heteroatoms. The molecule has 1 aliphatic heterocycles. The highest BCUT2D eigenvalue weighted by Gasteiger charge is 2.27. The Kier molecular flexibility index (Phi) is 6.10. The Morgan fingerprint density at radius 3 is 2.47 bits per heavy atom. The van der Waals surface area contributed by atoms with Gasteiger partial charge < -0.3 is 15.2 Å². The van der Waals surface area contributed by atoms with Crippen LogP contribution in [0.15, 0.2) is 73.1 Å². The summed E-state index contributed by atoms with van der Waals surface area (Å²) < 4.78 is 7.77. The van der Waals surface area contributed by atoms with E-state index in [2.05, 4.69) is 10.3 Å². The summed E-state index contributed by atoms with van der Waals surface area (Å²) in [6.45, 7) is 3.77. The molecule has 5 rings (SSSR count). The van der Waals surface area contributed by atoms with Gasteiger partial charge in [0.05, 0.1) is 6.54 Å². The molecule has 0 saturated carbocycles. The molecule has 0 fully saturated rings. The first-order chi connectivity index (χ1) is 16.6. The van der Waals surface area contributed by atoms with Crippen molar-refractivity contribution in [2.45, 2.75) is 26.0 Å². The Bertz CT molecular complexity index is 1280. The topological polar surface area (TPSA) is 89.3 Å². The maximum absolute atomic E-state index is 12.7. The van der Waals surface area contributed by atoms with E-state index in [0.29, 0.717) is 25.4 Å². The van der Waals surface area contributed by atoms with Gasteiger partial charge in [-0.2, -0.15) is 5.10 Å². The minimum atomic E-state index is -0.117. The van der Waals surface area contributed by atoms with Crippen LogP contribution in [0.1, 0.15) is 34.5 Å². The molecule has 172 valence electrons. The zero-order chi connectivity index (χ0) is 23.5. The molecule has 2 aromatic heterocycles. The number of aromatic nitrogens is 3. The van der Waals surface area contributed by atoms with E-state index in [1.807, 2.05) is 67.6 Å². The van der Waals surface area contributed by atoms with Crippen LogP contribution in [0, 0.1) is 0 Å². The summed E-state index contributed by atoms with van der Waals surface area (Å²) in [6, 6.07) is 19.7. The zero-order valence-corrected chi connectivity index (χ0v) is 18.9. The number of amides is 1. The monoisotopic (exact) mass is 454 g/mol. The molecule has 3 heterocycles. The Morgan fingerprint density at radius 2 is 1.76 bits per heavy atom. The Hall–Kier alpha value is -3.97. The average Bonchev–Trinajstić information content (AvgIpc) is 3.29. The number of aliphatic hydroxyl groups excluding tert-OH is 1. The first-order valence-electron chi connectivity index (χ1n) is 11.4. The molecule has 1 aliphatic rings. The number of nitrogens with zero attached hydrogens (tertiary/aromatic N) is 3. The summed E-state index contributed by atoms with van der Waals surface area (Å²) in [5.41, 5.74) is 6.13. The van der Waals surface area contributed by atoms with Crippen LogP contribution >= 0.6 is 0 Å². The average molecular weight is 455 g/mol. The van der Waals surface area contributed by atoms with E-state index in [1.165, 1.54) is 0 Å². The largest absolute Gasteiger partial charge is 0.489 e. The summed E-state index contributed by atoms with van der Waals surface area (Å²) >= 11 is 0. The third kappa shape index (κ3) is 4.30. The molecule has 2 N–H and O–H groups in total. The van der Waals surface area contributed by atoms with Gasteiger partial charge in [0.2, 0.25) is 0 Å². The predicted octanol–water partition coefficient (Wildman–Crippen LogP) is 4.03. The first-order valence-corrected chi connectivity index (χ1v) is 11.4. The number of fused-ring (bicyclic) bond motifs is 1. The van der Waals surface area contributed by atoms with Crippen molar-refractivity contribution in [2.24, 2.45) is 0 Å². The van der Waals surface area contributed by atoms with Crippen LogP contribution in [0.25, 0.3) is 22.4 Å². The molecule has 7 nitrogen and oxygen atoms in total. The standard InChI is InChI=1S/C27H26N4O3/c1-18(16-32)20-4-2-19(3-5-20)17-34-23-8-6-21(7-9-23)24-25(22-10-12-28-13-11-22)30-31-15-14-29-27(33)26(24)31/h2-13,18,32H,14-17H2,1H3,(H,29,33). The molecular formula is C27H26N4O3. The third-order valence-electron chi connectivity index (χ3n) is 6.10. The number of hydrogen-bond acceptors (Lipinski definition) is 5. The molecule has 1 amide bonds. The van der Waals surface area contributed by atoms with Crippen LogP contribution in [0.3, 0.4) is 0 Å². The van der Waals surface area contributed by atoms with E-state index in [9.17, 15) is 9.90 Å². The summed E-state index contributed by atoms with van der Waals surface area (Å²) in [5, 5.41) is 17.0. The molecule has 1 unspecified atom stereocenters. The van der Waals surface area contributed by atoms with Crippen LogP contribution < -0.4 is 10.1 Å². The molecule has 4 aromatic rings. The molecule has 0 aliphatic carbocycles.